The van der Waals surface area contributed by atoms with E-state index in [4.69, 9.17) is 5.73 Å². The SMILES string of the molecule is Cc1cccc(N2CCN(CCCNC(=O)CCC(C)N)CC2)c1.Cl.Cl.Cl. The normalized spacial score (nSPS) is 15.0. The van der Waals surface area contributed by atoms with Crippen LogP contribution in [0.4, 0.5) is 5.69 Å². The van der Waals surface area contributed by atoms with Gasteiger partial charge in [0.05, 0.1) is 0 Å². The molecule has 1 aliphatic heterocycles. The molecule has 0 bridgehead atoms. The van der Waals surface area contributed by atoms with Crippen molar-refractivity contribution in [3.05, 3.63) is 29.8 Å². The van der Waals surface area contributed by atoms with Crippen LogP contribution in [0.25, 0.3) is 0 Å². The van der Waals surface area contributed by atoms with E-state index in [2.05, 4.69) is 46.3 Å². The van der Waals surface area contributed by atoms with Crippen LogP contribution in [0.5, 0.6) is 0 Å². The van der Waals surface area contributed by atoms with Gasteiger partial charge in [-0.3, -0.25) is 9.69 Å². The maximum atomic E-state index is 11.6. The van der Waals surface area contributed by atoms with Crippen LogP contribution in [0.15, 0.2) is 24.3 Å². The van der Waals surface area contributed by atoms with Crippen molar-refractivity contribution in [2.75, 3.05) is 44.2 Å². The largest absolute Gasteiger partial charge is 0.369 e. The molecule has 3 N–H and O–H groups in total. The minimum atomic E-state index is 0. The summed E-state index contributed by atoms with van der Waals surface area (Å²) in [6.07, 6.45) is 2.30. The molecule has 1 fully saturated rings. The molecule has 27 heavy (non-hydrogen) atoms. The number of amides is 1. The molecule has 1 heterocycles. The topological polar surface area (TPSA) is 61.6 Å². The predicted octanol–water partition coefficient (Wildman–Crippen LogP) is 3.02. The summed E-state index contributed by atoms with van der Waals surface area (Å²) >= 11 is 0. The molecule has 2 rings (SSSR count). The van der Waals surface area contributed by atoms with Crippen molar-refractivity contribution in [3.8, 4) is 0 Å². The van der Waals surface area contributed by atoms with Crippen LogP contribution in [0.3, 0.4) is 0 Å². The van der Waals surface area contributed by atoms with Crippen LogP contribution in [0.2, 0.25) is 0 Å². The van der Waals surface area contributed by atoms with Crippen molar-refractivity contribution in [1.82, 2.24) is 10.2 Å². The molecule has 8 heteroatoms. The fraction of sp³-hybridized carbons (Fsp3) is 0.632. The number of aryl methyl sites for hydroxylation is 1. The van der Waals surface area contributed by atoms with Gasteiger partial charge in [0.15, 0.2) is 0 Å². The van der Waals surface area contributed by atoms with E-state index in [9.17, 15) is 4.79 Å². The Bertz CT molecular complexity index is 523. The average molecular weight is 442 g/mol. The second kappa shape index (κ2) is 15.2. The highest BCUT2D eigenvalue weighted by molar-refractivity contribution is 5.86. The third-order valence-electron chi connectivity index (χ3n) is 4.54. The van der Waals surface area contributed by atoms with Gasteiger partial charge in [0.25, 0.3) is 0 Å². The van der Waals surface area contributed by atoms with Gasteiger partial charge >= 0.3 is 0 Å². The molecule has 0 spiro atoms. The Hall–Kier alpha value is -0.720. The molecular formula is C19H35Cl3N4O. The first-order chi connectivity index (χ1) is 11.5. The third-order valence-corrected chi connectivity index (χ3v) is 4.54. The van der Waals surface area contributed by atoms with Crippen molar-refractivity contribution in [2.45, 2.75) is 39.2 Å². The number of anilines is 1. The number of hydrogen-bond donors (Lipinski definition) is 2. The molecule has 1 saturated heterocycles. The van der Waals surface area contributed by atoms with E-state index < -0.39 is 0 Å². The molecule has 1 aromatic carbocycles. The van der Waals surface area contributed by atoms with Gasteiger partial charge in [0.1, 0.15) is 0 Å². The first kappa shape index (κ1) is 28.5. The molecule has 1 aliphatic rings. The standard InChI is InChI=1S/C19H32N4O.3ClH/c1-16-5-3-6-18(15-16)23-13-11-22(12-14-23)10-4-9-21-19(24)8-7-17(2)20;;;/h3,5-6,15,17H,4,7-14,20H2,1-2H3,(H,21,24);3*1H. The number of halogens is 3. The number of carbonyl (C=O) groups is 1. The number of carbonyl (C=O) groups excluding carboxylic acids is 1. The second-order valence-corrected chi connectivity index (χ2v) is 6.89. The summed E-state index contributed by atoms with van der Waals surface area (Å²) in [6, 6.07) is 8.82. The number of benzene rings is 1. The summed E-state index contributed by atoms with van der Waals surface area (Å²) in [7, 11) is 0. The van der Waals surface area contributed by atoms with Crippen LogP contribution in [0.1, 0.15) is 31.7 Å². The first-order valence-corrected chi connectivity index (χ1v) is 9.11. The van der Waals surface area contributed by atoms with E-state index in [1.165, 1.54) is 11.3 Å². The summed E-state index contributed by atoms with van der Waals surface area (Å²) in [5, 5.41) is 2.99. The molecular weight excluding hydrogens is 407 g/mol. The van der Waals surface area contributed by atoms with Gasteiger partial charge in [0, 0.05) is 50.9 Å². The minimum Gasteiger partial charge on any atom is -0.369 e. The number of hydrogen-bond acceptors (Lipinski definition) is 4. The predicted molar refractivity (Wildman–Crippen MR) is 122 cm³/mol. The Labute approximate surface area is 182 Å². The molecule has 0 radical (unpaired) electrons. The van der Waals surface area contributed by atoms with E-state index >= 15 is 0 Å². The van der Waals surface area contributed by atoms with Gasteiger partial charge in [-0.1, -0.05) is 12.1 Å². The lowest BCUT2D eigenvalue weighted by Gasteiger charge is -2.36. The fourth-order valence-corrected chi connectivity index (χ4v) is 3.03. The Morgan fingerprint density at radius 2 is 1.85 bits per heavy atom. The number of piperazine rings is 1. The smallest absolute Gasteiger partial charge is 0.220 e. The Kier molecular flexibility index (Phi) is 16.1. The lowest BCUT2D eigenvalue weighted by molar-refractivity contribution is -0.121. The lowest BCUT2D eigenvalue weighted by Crippen LogP contribution is -2.47. The summed E-state index contributed by atoms with van der Waals surface area (Å²) < 4.78 is 0. The van der Waals surface area contributed by atoms with Gasteiger partial charge in [-0.15, -0.1) is 37.2 Å². The lowest BCUT2D eigenvalue weighted by atomic mass is 10.2. The maximum absolute atomic E-state index is 11.6. The van der Waals surface area contributed by atoms with Crippen molar-refractivity contribution in [1.29, 1.82) is 0 Å². The zero-order valence-corrected chi connectivity index (χ0v) is 18.8. The van der Waals surface area contributed by atoms with Crippen LogP contribution >= 0.6 is 37.2 Å². The molecule has 5 nitrogen and oxygen atoms in total. The summed E-state index contributed by atoms with van der Waals surface area (Å²) in [5.74, 6) is 0.122. The molecule has 0 saturated carbocycles. The number of rotatable bonds is 8. The van der Waals surface area contributed by atoms with Gasteiger partial charge in [-0.05, 0) is 50.9 Å². The minimum absolute atomic E-state index is 0. The van der Waals surface area contributed by atoms with E-state index in [1.807, 2.05) is 6.92 Å². The van der Waals surface area contributed by atoms with E-state index in [0.717, 1.165) is 52.1 Å². The highest BCUT2D eigenvalue weighted by atomic mass is 35.5. The number of nitrogens with one attached hydrogen (secondary N) is 1. The molecule has 0 aliphatic carbocycles. The van der Waals surface area contributed by atoms with E-state index in [-0.39, 0.29) is 49.2 Å². The zero-order valence-electron chi connectivity index (χ0n) is 16.4. The van der Waals surface area contributed by atoms with Gasteiger partial charge in [-0.25, -0.2) is 0 Å². The Morgan fingerprint density at radius 1 is 1.19 bits per heavy atom. The first-order valence-electron chi connectivity index (χ1n) is 9.11. The van der Waals surface area contributed by atoms with Crippen LogP contribution in [0, 0.1) is 6.92 Å². The second-order valence-electron chi connectivity index (χ2n) is 6.89. The Balaban J connectivity index is 0. The van der Waals surface area contributed by atoms with Crippen molar-refractivity contribution < 1.29 is 4.79 Å². The quantitative estimate of drug-likeness (QED) is 0.609. The maximum Gasteiger partial charge on any atom is 0.220 e. The summed E-state index contributed by atoms with van der Waals surface area (Å²) in [5.41, 5.74) is 8.31. The van der Waals surface area contributed by atoms with Crippen molar-refractivity contribution >= 4 is 48.8 Å². The molecule has 1 atom stereocenters. The van der Waals surface area contributed by atoms with Crippen LogP contribution in [-0.2, 0) is 4.79 Å². The van der Waals surface area contributed by atoms with Crippen LogP contribution in [-0.4, -0.2) is 56.1 Å². The molecule has 1 unspecified atom stereocenters. The van der Waals surface area contributed by atoms with Gasteiger partial charge in [0.2, 0.25) is 5.91 Å². The van der Waals surface area contributed by atoms with E-state index in [0.29, 0.717) is 6.42 Å². The van der Waals surface area contributed by atoms with Gasteiger partial charge in [-0.2, -0.15) is 0 Å². The third kappa shape index (κ3) is 11.0. The molecule has 1 amide bonds. The van der Waals surface area contributed by atoms with Crippen molar-refractivity contribution in [2.24, 2.45) is 5.73 Å². The summed E-state index contributed by atoms with van der Waals surface area (Å²) in [6.45, 7) is 10.2. The number of nitrogens with two attached hydrogens (primary N) is 1. The number of nitrogens with zero attached hydrogens (tertiary/aromatic N) is 2. The monoisotopic (exact) mass is 440 g/mol. The van der Waals surface area contributed by atoms with Crippen molar-refractivity contribution in [3.63, 3.8) is 0 Å². The fourth-order valence-electron chi connectivity index (χ4n) is 3.03. The zero-order chi connectivity index (χ0) is 17.4. The summed E-state index contributed by atoms with van der Waals surface area (Å²) in [4.78, 5) is 16.6. The Morgan fingerprint density at radius 3 is 2.44 bits per heavy atom. The van der Waals surface area contributed by atoms with Crippen LogP contribution < -0.4 is 16.0 Å². The molecule has 1 aromatic rings. The molecule has 158 valence electrons. The molecule has 0 aromatic heterocycles. The van der Waals surface area contributed by atoms with E-state index in [1.54, 1.807) is 0 Å². The van der Waals surface area contributed by atoms with Gasteiger partial charge < -0.3 is 16.0 Å². The highest BCUT2D eigenvalue weighted by Gasteiger charge is 2.16. The average Bonchev–Trinajstić information content (AvgIpc) is 2.57. The highest BCUT2D eigenvalue weighted by Crippen LogP contribution is 2.17.